The fourth-order valence-electron chi connectivity index (χ4n) is 6.27. The van der Waals surface area contributed by atoms with Gasteiger partial charge in [-0.1, -0.05) is 77.0 Å². The van der Waals surface area contributed by atoms with Crippen LogP contribution in [-0.4, -0.2) is 137 Å². The average Bonchev–Trinajstić information content (AvgIpc) is 3.22. The quantitative estimate of drug-likeness (QED) is 0.0432. The van der Waals surface area contributed by atoms with Gasteiger partial charge in [0.15, 0.2) is 0 Å². The molecule has 0 aromatic heterocycles. The Kier molecular flexibility index (Phi) is 39.1. The number of carboxylic acid groups (broad SMARTS) is 2. The van der Waals surface area contributed by atoms with E-state index >= 15 is 0 Å². The number of amides is 4. The van der Waals surface area contributed by atoms with E-state index < -0.39 is 23.9 Å². The largest absolute Gasteiger partial charge is 0.481 e. The van der Waals surface area contributed by atoms with Crippen molar-refractivity contribution in [3.63, 3.8) is 0 Å². The molecule has 0 spiro atoms. The van der Waals surface area contributed by atoms with Gasteiger partial charge in [0.2, 0.25) is 23.6 Å². The molecule has 0 saturated carbocycles. The van der Waals surface area contributed by atoms with Crippen molar-refractivity contribution < 1.29 is 62.7 Å². The van der Waals surface area contributed by atoms with E-state index in [1.54, 1.807) is 7.05 Å². The van der Waals surface area contributed by atoms with Crippen molar-refractivity contribution in [3.8, 4) is 0 Å². The van der Waals surface area contributed by atoms with Gasteiger partial charge in [-0.2, -0.15) is 0 Å². The van der Waals surface area contributed by atoms with Gasteiger partial charge in [-0.05, 0) is 52.0 Å². The maximum atomic E-state index is 12.3. The van der Waals surface area contributed by atoms with Crippen LogP contribution in [0.2, 0.25) is 0 Å². The number of hydrogen-bond acceptors (Lipinski definition) is 12. The van der Waals surface area contributed by atoms with E-state index in [0.29, 0.717) is 38.8 Å². The van der Waals surface area contributed by atoms with E-state index in [9.17, 15) is 38.7 Å². The summed E-state index contributed by atoms with van der Waals surface area (Å²) >= 11 is 0. The number of ketones is 1. The number of carbonyl (C=O) groups is 7. The molecule has 0 radical (unpaired) electrons. The number of aliphatic carboxylic acids is 2. The Morgan fingerprint density at radius 2 is 0.967 bits per heavy atom. The van der Waals surface area contributed by atoms with Crippen LogP contribution >= 0.6 is 0 Å². The highest BCUT2D eigenvalue weighted by Gasteiger charge is 2.21. The fourth-order valence-corrected chi connectivity index (χ4v) is 6.27. The lowest BCUT2D eigenvalue weighted by atomic mass is 10.0. The van der Waals surface area contributed by atoms with E-state index in [4.69, 9.17) is 29.8 Å². The first kappa shape index (κ1) is 57.3. The van der Waals surface area contributed by atoms with Gasteiger partial charge in [0, 0.05) is 45.4 Å². The summed E-state index contributed by atoms with van der Waals surface area (Å²) in [5, 5.41) is 29.0. The van der Waals surface area contributed by atoms with E-state index in [0.717, 1.165) is 44.9 Å². The van der Waals surface area contributed by atoms with Crippen molar-refractivity contribution in [1.29, 1.82) is 0 Å². The molecule has 0 heterocycles. The topological polar surface area (TPSA) is 271 Å². The van der Waals surface area contributed by atoms with Gasteiger partial charge in [-0.15, -0.1) is 0 Å². The lowest BCUT2D eigenvalue weighted by Gasteiger charge is -2.14. The number of nitrogens with one attached hydrogen (secondary N) is 4. The van der Waals surface area contributed by atoms with Gasteiger partial charge in [-0.25, -0.2) is 4.79 Å². The Balaban J connectivity index is 3.65. The normalized spacial score (nSPS) is 12.1. The number of carbonyl (C=O) groups excluding carboxylic acids is 5. The van der Waals surface area contributed by atoms with E-state index in [-0.39, 0.29) is 114 Å². The second-order valence-electron chi connectivity index (χ2n) is 15.3. The minimum absolute atomic E-state index is 0.0344. The van der Waals surface area contributed by atoms with Crippen LogP contribution in [0.25, 0.3) is 0 Å². The van der Waals surface area contributed by atoms with Gasteiger partial charge in [0.25, 0.3) is 0 Å². The van der Waals surface area contributed by atoms with Crippen molar-refractivity contribution in [1.82, 2.24) is 21.3 Å². The molecule has 0 aliphatic rings. The van der Waals surface area contributed by atoms with Crippen LogP contribution in [0.1, 0.15) is 148 Å². The minimum atomic E-state index is -1.16. The van der Waals surface area contributed by atoms with Crippen molar-refractivity contribution in [3.05, 3.63) is 0 Å². The molecule has 4 amide bonds. The Morgan fingerprint density at radius 1 is 0.475 bits per heavy atom. The first-order valence-electron chi connectivity index (χ1n) is 22.5. The number of likely N-dealkylation sites (N-methyl/N-ethyl adjacent to an activating group) is 1. The molecular formula is C43H79N5O13. The Morgan fingerprint density at radius 3 is 1.48 bits per heavy atom. The molecular weight excluding hydrogens is 794 g/mol. The van der Waals surface area contributed by atoms with E-state index in [2.05, 4.69) is 21.3 Å². The van der Waals surface area contributed by atoms with Crippen molar-refractivity contribution in [2.24, 2.45) is 5.73 Å². The Labute approximate surface area is 363 Å². The van der Waals surface area contributed by atoms with Gasteiger partial charge >= 0.3 is 11.9 Å². The summed E-state index contributed by atoms with van der Waals surface area (Å²) in [7, 11) is 1.68. The summed E-state index contributed by atoms with van der Waals surface area (Å²) in [6, 6.07) is -1.47. The molecule has 0 fully saturated rings. The molecule has 2 atom stereocenters. The number of ether oxygens (including phenoxy) is 4. The highest BCUT2D eigenvalue weighted by Crippen LogP contribution is 2.14. The molecule has 0 rings (SSSR count). The standard InChI is InChI=1S/C43H79N5O13/c1-45-36(42(44)55)20-16-17-25-46-39(51)33-61-32-30-59-28-26-47-40(52)34-60-31-29-58-27-18-19-35(49)23-24-37(43(56)57)48-38(50)21-14-12-10-8-6-4-2-3-5-7-9-11-13-15-22-41(53)54/h36-37,45H,2-34H2,1H3,(H2,44,55)(H,46,51)(H,47,52)(H,48,50)(H,53,54)(H,56,57)/t36-,37-/m0/s1. The van der Waals surface area contributed by atoms with Crippen LogP contribution in [0.5, 0.6) is 0 Å². The van der Waals surface area contributed by atoms with Crippen molar-refractivity contribution >= 4 is 41.4 Å². The smallest absolute Gasteiger partial charge is 0.326 e. The molecule has 0 saturated heterocycles. The minimum Gasteiger partial charge on any atom is -0.481 e. The van der Waals surface area contributed by atoms with Crippen LogP contribution < -0.4 is 27.0 Å². The maximum absolute atomic E-state index is 12.3. The fraction of sp³-hybridized carbons (Fsp3) is 0.837. The summed E-state index contributed by atoms with van der Waals surface area (Å²) < 4.78 is 21.4. The van der Waals surface area contributed by atoms with Crippen molar-refractivity contribution in [2.45, 2.75) is 160 Å². The molecule has 8 N–H and O–H groups in total. The number of rotatable bonds is 46. The monoisotopic (exact) mass is 874 g/mol. The number of Topliss-reactive ketones (excluding diaryl/α,β-unsaturated/α-hetero) is 1. The van der Waals surface area contributed by atoms with Crippen LogP contribution in [0.3, 0.4) is 0 Å². The van der Waals surface area contributed by atoms with E-state index in [1.165, 1.54) is 44.9 Å². The molecule has 18 nitrogen and oxygen atoms in total. The first-order chi connectivity index (χ1) is 29.5. The summed E-state index contributed by atoms with van der Waals surface area (Å²) in [4.78, 5) is 81.7. The first-order valence-corrected chi connectivity index (χ1v) is 22.5. The van der Waals surface area contributed by atoms with E-state index in [1.807, 2.05) is 0 Å². The highest BCUT2D eigenvalue weighted by molar-refractivity contribution is 5.84. The second-order valence-corrected chi connectivity index (χ2v) is 15.3. The Bertz CT molecular complexity index is 1190. The lowest BCUT2D eigenvalue weighted by Crippen LogP contribution is -2.41. The predicted molar refractivity (Wildman–Crippen MR) is 230 cm³/mol. The Hall–Kier alpha value is -3.71. The number of unbranched alkanes of at least 4 members (excludes halogenated alkanes) is 14. The summed E-state index contributed by atoms with van der Waals surface area (Å²) in [6.07, 6.45) is 18.5. The number of hydrogen-bond donors (Lipinski definition) is 7. The van der Waals surface area contributed by atoms with Gasteiger partial charge < -0.3 is 56.2 Å². The van der Waals surface area contributed by atoms with Crippen molar-refractivity contribution in [2.75, 3.05) is 73.0 Å². The highest BCUT2D eigenvalue weighted by atomic mass is 16.5. The van der Waals surface area contributed by atoms with Crippen LogP contribution in [0.15, 0.2) is 0 Å². The van der Waals surface area contributed by atoms with Crippen LogP contribution in [0, 0.1) is 0 Å². The van der Waals surface area contributed by atoms with Gasteiger partial charge in [0.05, 0.1) is 39.1 Å². The zero-order chi connectivity index (χ0) is 45.2. The van der Waals surface area contributed by atoms with Gasteiger partial charge in [0.1, 0.15) is 25.0 Å². The third kappa shape index (κ3) is 40.1. The predicted octanol–water partition coefficient (Wildman–Crippen LogP) is 3.55. The molecule has 0 unspecified atom stereocenters. The molecule has 61 heavy (non-hydrogen) atoms. The lowest BCUT2D eigenvalue weighted by molar-refractivity contribution is -0.142. The summed E-state index contributed by atoms with van der Waals surface area (Å²) in [5.41, 5.74) is 5.27. The van der Waals surface area contributed by atoms with Crippen LogP contribution in [-0.2, 0) is 52.5 Å². The SMILES string of the molecule is CN[C@@H](CCCCNC(=O)COCCOCCNC(=O)COCCOCCCC(=O)CC[C@H](NC(=O)CCCCCCCCCCCCCCCCC(=O)O)C(=O)O)C(N)=O. The van der Waals surface area contributed by atoms with Crippen LogP contribution in [0.4, 0.5) is 0 Å². The number of carboxylic acids is 2. The molecule has 0 aromatic carbocycles. The third-order valence-corrected chi connectivity index (χ3v) is 9.85. The zero-order valence-electron chi connectivity index (χ0n) is 37.0. The average molecular weight is 874 g/mol. The van der Waals surface area contributed by atoms with Gasteiger partial charge in [-0.3, -0.25) is 28.8 Å². The second kappa shape index (κ2) is 41.6. The molecule has 18 heteroatoms. The summed E-state index contributed by atoms with van der Waals surface area (Å²) in [6.45, 7) is 2.00. The molecule has 0 aromatic rings. The number of nitrogens with two attached hydrogens (primary N) is 1. The maximum Gasteiger partial charge on any atom is 0.326 e. The summed E-state index contributed by atoms with van der Waals surface area (Å²) in [5.74, 6) is -3.24. The molecule has 0 aliphatic heterocycles. The molecule has 354 valence electrons. The molecule has 0 aliphatic carbocycles. The number of primary amides is 1. The zero-order valence-corrected chi connectivity index (χ0v) is 37.0. The third-order valence-electron chi connectivity index (χ3n) is 9.85. The molecule has 0 bridgehead atoms.